The number of benzene rings is 1. The lowest BCUT2D eigenvalue weighted by Gasteiger charge is -2.21. The third-order valence-electron chi connectivity index (χ3n) is 2.02. The molecule has 0 fully saturated rings. The Balaban J connectivity index is 2.99. The zero-order valence-corrected chi connectivity index (χ0v) is 10.6. The quantitative estimate of drug-likeness (QED) is 0.838. The van der Waals surface area contributed by atoms with E-state index in [0.29, 0.717) is 4.47 Å². The molecule has 0 bridgehead atoms. The number of halogens is 1. The van der Waals surface area contributed by atoms with Crippen molar-refractivity contribution in [1.82, 2.24) is 0 Å². The minimum absolute atomic E-state index is 0.226. The molecule has 84 valence electrons. The van der Waals surface area contributed by atoms with Crippen LogP contribution in [0.2, 0.25) is 0 Å². The molecule has 0 aliphatic rings. The van der Waals surface area contributed by atoms with Crippen molar-refractivity contribution in [3.8, 4) is 12.3 Å². The number of terminal acetylenes is 1. The smallest absolute Gasteiger partial charge is 0.336 e. The minimum atomic E-state index is -0.963. The molecule has 0 aliphatic heterocycles. The molecule has 4 heteroatoms. The van der Waals surface area contributed by atoms with Crippen LogP contribution < -0.4 is 5.32 Å². The summed E-state index contributed by atoms with van der Waals surface area (Å²) in [5.41, 5.74) is 0.536. The van der Waals surface area contributed by atoms with Gasteiger partial charge in [0.15, 0.2) is 0 Å². The van der Waals surface area contributed by atoms with Crippen molar-refractivity contribution in [2.75, 3.05) is 5.32 Å². The zero-order valence-electron chi connectivity index (χ0n) is 9.04. The van der Waals surface area contributed by atoms with Crippen LogP contribution in [-0.2, 0) is 0 Å². The van der Waals surface area contributed by atoms with Gasteiger partial charge in [-0.1, -0.05) is 5.92 Å². The molecule has 3 nitrogen and oxygen atoms in total. The molecule has 0 heterocycles. The van der Waals surface area contributed by atoms with Crippen LogP contribution in [0, 0.1) is 12.3 Å². The monoisotopic (exact) mass is 281 g/mol. The summed E-state index contributed by atoms with van der Waals surface area (Å²) in [5, 5.41) is 12.0. The summed E-state index contributed by atoms with van der Waals surface area (Å²) >= 11 is 3.20. The maximum atomic E-state index is 10.8. The Bertz CT molecular complexity index is 461. The van der Waals surface area contributed by atoms with Gasteiger partial charge in [-0.05, 0) is 48.0 Å². The predicted molar refractivity (Wildman–Crippen MR) is 67.6 cm³/mol. The van der Waals surface area contributed by atoms with Gasteiger partial charge in [-0.15, -0.1) is 6.42 Å². The summed E-state index contributed by atoms with van der Waals surface area (Å²) < 4.78 is 0.526. The second-order valence-electron chi connectivity index (χ2n) is 3.89. The summed E-state index contributed by atoms with van der Waals surface area (Å²) in [4.78, 5) is 10.8. The van der Waals surface area contributed by atoms with E-state index >= 15 is 0 Å². The van der Waals surface area contributed by atoms with Crippen molar-refractivity contribution in [1.29, 1.82) is 0 Å². The average Bonchev–Trinajstić information content (AvgIpc) is 2.16. The van der Waals surface area contributed by atoms with Gasteiger partial charge in [0.1, 0.15) is 0 Å². The largest absolute Gasteiger partial charge is 0.478 e. The van der Waals surface area contributed by atoms with Crippen LogP contribution in [0.5, 0.6) is 0 Å². The molecule has 1 rings (SSSR count). The van der Waals surface area contributed by atoms with Crippen LogP contribution in [-0.4, -0.2) is 16.6 Å². The molecule has 0 aliphatic carbocycles. The van der Waals surface area contributed by atoms with Crippen molar-refractivity contribution in [3.63, 3.8) is 0 Å². The zero-order chi connectivity index (χ0) is 12.3. The third kappa shape index (κ3) is 3.01. The van der Waals surface area contributed by atoms with Gasteiger partial charge in [0.05, 0.1) is 11.1 Å². The number of anilines is 1. The van der Waals surface area contributed by atoms with Crippen LogP contribution >= 0.6 is 15.9 Å². The molecule has 0 amide bonds. The topological polar surface area (TPSA) is 49.3 Å². The summed E-state index contributed by atoms with van der Waals surface area (Å²) in [7, 11) is 0. The standard InChI is InChI=1S/C12H12BrNO2/c1-4-12(2,3)14-8-5-6-9(11(15)16)10(13)7-8/h1,5-7,14H,2-3H3,(H,15,16). The Labute approximate surface area is 103 Å². The van der Waals surface area contributed by atoms with Gasteiger partial charge in [-0.3, -0.25) is 0 Å². The highest BCUT2D eigenvalue weighted by Crippen LogP contribution is 2.23. The van der Waals surface area contributed by atoms with Gasteiger partial charge in [-0.2, -0.15) is 0 Å². The molecule has 0 aromatic heterocycles. The molecule has 1 aromatic rings. The summed E-state index contributed by atoms with van der Waals surface area (Å²) in [6, 6.07) is 4.91. The maximum absolute atomic E-state index is 10.8. The number of hydrogen-bond acceptors (Lipinski definition) is 2. The molecule has 0 radical (unpaired) electrons. The van der Waals surface area contributed by atoms with E-state index in [9.17, 15) is 4.79 Å². The number of hydrogen-bond donors (Lipinski definition) is 2. The van der Waals surface area contributed by atoms with E-state index in [1.54, 1.807) is 12.1 Å². The van der Waals surface area contributed by atoms with Crippen molar-refractivity contribution in [3.05, 3.63) is 28.2 Å². The normalized spacial score (nSPS) is 10.6. The van der Waals surface area contributed by atoms with Crippen molar-refractivity contribution in [2.45, 2.75) is 19.4 Å². The number of aromatic carboxylic acids is 1. The Morgan fingerprint density at radius 2 is 2.19 bits per heavy atom. The molecule has 16 heavy (non-hydrogen) atoms. The van der Waals surface area contributed by atoms with E-state index in [1.165, 1.54) is 6.07 Å². The SMILES string of the molecule is C#CC(C)(C)Nc1ccc(C(=O)O)c(Br)c1. The lowest BCUT2D eigenvalue weighted by atomic mass is 10.1. The molecule has 2 N–H and O–H groups in total. The average molecular weight is 282 g/mol. The lowest BCUT2D eigenvalue weighted by Crippen LogP contribution is -2.28. The van der Waals surface area contributed by atoms with E-state index < -0.39 is 11.5 Å². The van der Waals surface area contributed by atoms with Gasteiger partial charge >= 0.3 is 5.97 Å². The highest BCUT2D eigenvalue weighted by Gasteiger charge is 2.14. The minimum Gasteiger partial charge on any atom is -0.478 e. The van der Waals surface area contributed by atoms with E-state index in [-0.39, 0.29) is 5.56 Å². The number of nitrogens with one attached hydrogen (secondary N) is 1. The Kier molecular flexibility index (Phi) is 3.61. The molecular weight excluding hydrogens is 270 g/mol. The summed E-state index contributed by atoms with van der Waals surface area (Å²) in [6.45, 7) is 3.73. The second kappa shape index (κ2) is 4.58. The van der Waals surface area contributed by atoms with Crippen LogP contribution in [0.25, 0.3) is 0 Å². The highest BCUT2D eigenvalue weighted by molar-refractivity contribution is 9.10. The molecule has 0 spiro atoms. The first-order valence-corrected chi connectivity index (χ1v) is 5.44. The molecule has 0 atom stereocenters. The van der Waals surface area contributed by atoms with Crippen LogP contribution in [0.3, 0.4) is 0 Å². The Morgan fingerprint density at radius 1 is 1.56 bits per heavy atom. The van der Waals surface area contributed by atoms with E-state index in [4.69, 9.17) is 11.5 Å². The fourth-order valence-corrected chi connectivity index (χ4v) is 1.71. The molecule has 0 saturated heterocycles. The van der Waals surface area contributed by atoms with Gasteiger partial charge in [0.2, 0.25) is 0 Å². The first kappa shape index (κ1) is 12.6. The fourth-order valence-electron chi connectivity index (χ4n) is 1.16. The second-order valence-corrected chi connectivity index (χ2v) is 4.75. The van der Waals surface area contributed by atoms with Gasteiger partial charge in [-0.25, -0.2) is 4.79 Å². The highest BCUT2D eigenvalue weighted by atomic mass is 79.9. The summed E-state index contributed by atoms with van der Waals surface area (Å²) in [6.07, 6.45) is 5.35. The maximum Gasteiger partial charge on any atom is 0.336 e. The lowest BCUT2D eigenvalue weighted by molar-refractivity contribution is 0.0696. The first-order valence-electron chi connectivity index (χ1n) is 4.64. The van der Waals surface area contributed by atoms with Gasteiger partial charge in [0, 0.05) is 10.2 Å². The van der Waals surface area contributed by atoms with Crippen LogP contribution in [0.4, 0.5) is 5.69 Å². The number of carboxylic acids is 1. The van der Waals surface area contributed by atoms with Gasteiger partial charge in [0.25, 0.3) is 0 Å². The molecular formula is C12H12BrNO2. The number of carboxylic acid groups (broad SMARTS) is 1. The third-order valence-corrected chi connectivity index (χ3v) is 2.67. The van der Waals surface area contributed by atoms with E-state index in [0.717, 1.165) is 5.69 Å². The van der Waals surface area contributed by atoms with Crippen LogP contribution in [0.1, 0.15) is 24.2 Å². The fraction of sp³-hybridized carbons (Fsp3) is 0.250. The van der Waals surface area contributed by atoms with E-state index in [2.05, 4.69) is 27.2 Å². The molecule has 1 aromatic carbocycles. The van der Waals surface area contributed by atoms with Crippen molar-refractivity contribution < 1.29 is 9.90 Å². The Hall–Kier alpha value is -1.47. The molecule has 0 saturated carbocycles. The molecule has 0 unspecified atom stereocenters. The summed E-state index contributed by atoms with van der Waals surface area (Å²) in [5.74, 6) is 1.64. The Morgan fingerprint density at radius 3 is 2.62 bits per heavy atom. The van der Waals surface area contributed by atoms with Gasteiger partial charge < -0.3 is 10.4 Å². The van der Waals surface area contributed by atoms with E-state index in [1.807, 2.05) is 13.8 Å². The van der Waals surface area contributed by atoms with Crippen molar-refractivity contribution >= 4 is 27.6 Å². The number of rotatable bonds is 3. The first-order chi connectivity index (χ1) is 7.35. The predicted octanol–water partition coefficient (Wildman–Crippen LogP) is 2.97. The van der Waals surface area contributed by atoms with Crippen molar-refractivity contribution in [2.24, 2.45) is 0 Å². The van der Waals surface area contributed by atoms with Crippen LogP contribution in [0.15, 0.2) is 22.7 Å². The number of carbonyl (C=O) groups is 1.